The third kappa shape index (κ3) is 4.53. The molecule has 2 rings (SSSR count). The number of nitrogens with zero attached hydrogens (tertiary/aromatic N) is 4. The van der Waals surface area contributed by atoms with E-state index in [1.807, 2.05) is 13.8 Å². The molecule has 0 unspecified atom stereocenters. The van der Waals surface area contributed by atoms with Crippen LogP contribution in [0.4, 0.5) is 5.69 Å². The molecule has 1 aliphatic heterocycles. The molecule has 8 nitrogen and oxygen atoms in total. The number of hydrogen-bond donors (Lipinski definition) is 1. The second-order valence-electron chi connectivity index (χ2n) is 6.59. The van der Waals surface area contributed by atoms with Crippen molar-refractivity contribution in [2.45, 2.75) is 26.4 Å². The van der Waals surface area contributed by atoms with Crippen LogP contribution in [0.25, 0.3) is 0 Å². The van der Waals surface area contributed by atoms with E-state index in [0.29, 0.717) is 12.1 Å². The van der Waals surface area contributed by atoms with Gasteiger partial charge in [0.15, 0.2) is 0 Å². The lowest BCUT2D eigenvalue weighted by Gasteiger charge is -2.38. The van der Waals surface area contributed by atoms with Gasteiger partial charge in [-0.05, 0) is 12.0 Å². The molecule has 1 atom stereocenters. The zero-order valence-corrected chi connectivity index (χ0v) is 14.5. The summed E-state index contributed by atoms with van der Waals surface area (Å²) in [7, 11) is 0. The van der Waals surface area contributed by atoms with Crippen molar-refractivity contribution in [2.24, 2.45) is 11.7 Å². The molecular formula is C17H23N5O3. The quantitative estimate of drug-likeness (QED) is 0.614. The number of nitro groups is 1. The van der Waals surface area contributed by atoms with Crippen LogP contribution in [-0.2, 0) is 6.54 Å². The summed E-state index contributed by atoms with van der Waals surface area (Å²) in [6, 6.07) is 6.59. The smallest absolute Gasteiger partial charge is 0.274 e. The van der Waals surface area contributed by atoms with E-state index >= 15 is 0 Å². The van der Waals surface area contributed by atoms with Gasteiger partial charge in [0.1, 0.15) is 6.04 Å². The largest absolute Gasteiger partial charge is 0.366 e. The van der Waals surface area contributed by atoms with Crippen molar-refractivity contribution >= 4 is 11.6 Å². The molecule has 0 radical (unpaired) electrons. The minimum atomic E-state index is -0.681. The standard InChI is InChI=1S/C17H23N5O3/c1-12(2)16(10-18)21-7-5-20(6-8-21)11-14-4-3-13(17(19)23)9-15(14)22(24)25/h3-4,9,12,16H,5-8,11H2,1-2H3,(H2,19,23)/t16-/m1/s1. The van der Waals surface area contributed by atoms with Gasteiger partial charge in [0.25, 0.3) is 5.69 Å². The van der Waals surface area contributed by atoms with E-state index in [4.69, 9.17) is 5.73 Å². The molecule has 0 saturated carbocycles. The molecule has 1 aliphatic rings. The Labute approximate surface area is 147 Å². The topological polar surface area (TPSA) is 117 Å². The predicted octanol–water partition coefficient (Wildman–Crippen LogP) is 1.36. The van der Waals surface area contributed by atoms with Crippen LogP contribution in [-0.4, -0.2) is 52.9 Å². The van der Waals surface area contributed by atoms with Gasteiger partial charge in [-0.25, -0.2) is 0 Å². The average Bonchev–Trinajstić information content (AvgIpc) is 2.56. The maximum absolute atomic E-state index is 11.3. The first kappa shape index (κ1) is 18.8. The Morgan fingerprint density at radius 1 is 1.36 bits per heavy atom. The first-order valence-electron chi connectivity index (χ1n) is 8.26. The van der Waals surface area contributed by atoms with E-state index in [1.54, 1.807) is 6.07 Å². The first-order valence-corrected chi connectivity index (χ1v) is 8.26. The molecular weight excluding hydrogens is 322 g/mol. The van der Waals surface area contributed by atoms with E-state index < -0.39 is 10.8 Å². The maximum Gasteiger partial charge on any atom is 0.274 e. The fraction of sp³-hybridized carbons (Fsp3) is 0.529. The highest BCUT2D eigenvalue weighted by atomic mass is 16.6. The number of benzene rings is 1. The molecule has 1 saturated heterocycles. The summed E-state index contributed by atoms with van der Waals surface area (Å²) in [6.45, 7) is 7.47. The highest BCUT2D eigenvalue weighted by Crippen LogP contribution is 2.23. The Morgan fingerprint density at radius 3 is 2.48 bits per heavy atom. The number of nitro benzene ring substituents is 1. The third-order valence-corrected chi connectivity index (χ3v) is 4.52. The molecule has 1 amide bonds. The van der Waals surface area contributed by atoms with Crippen molar-refractivity contribution in [3.05, 3.63) is 39.4 Å². The molecule has 1 fully saturated rings. The molecule has 1 heterocycles. The number of hydrogen-bond acceptors (Lipinski definition) is 6. The van der Waals surface area contributed by atoms with Crippen LogP contribution < -0.4 is 5.73 Å². The summed E-state index contributed by atoms with van der Waals surface area (Å²) in [5, 5.41) is 20.6. The van der Waals surface area contributed by atoms with E-state index in [-0.39, 0.29) is 23.2 Å². The molecule has 0 aliphatic carbocycles. The highest BCUT2D eigenvalue weighted by Gasteiger charge is 2.27. The maximum atomic E-state index is 11.3. The van der Waals surface area contributed by atoms with E-state index in [1.165, 1.54) is 12.1 Å². The predicted molar refractivity (Wildman–Crippen MR) is 92.7 cm³/mol. The second kappa shape index (κ2) is 8.05. The van der Waals surface area contributed by atoms with Crippen molar-refractivity contribution < 1.29 is 9.72 Å². The van der Waals surface area contributed by atoms with Crippen LogP contribution >= 0.6 is 0 Å². The minimum absolute atomic E-state index is 0.0872. The summed E-state index contributed by atoms with van der Waals surface area (Å²) in [5.74, 6) is -0.418. The molecule has 0 bridgehead atoms. The number of carbonyl (C=O) groups excluding carboxylic acids is 1. The number of nitriles is 1. The van der Waals surface area contributed by atoms with Crippen LogP contribution in [0, 0.1) is 27.4 Å². The van der Waals surface area contributed by atoms with Gasteiger partial charge in [-0.2, -0.15) is 5.26 Å². The minimum Gasteiger partial charge on any atom is -0.366 e. The number of piperazine rings is 1. The van der Waals surface area contributed by atoms with E-state index in [0.717, 1.165) is 26.2 Å². The first-order chi connectivity index (χ1) is 11.8. The Kier molecular flexibility index (Phi) is 6.07. The lowest BCUT2D eigenvalue weighted by atomic mass is 10.0. The van der Waals surface area contributed by atoms with Gasteiger partial charge in [-0.3, -0.25) is 24.7 Å². The van der Waals surface area contributed by atoms with Crippen molar-refractivity contribution in [3.8, 4) is 6.07 Å². The SMILES string of the molecule is CC(C)[C@@H](C#N)N1CCN(Cc2ccc(C(N)=O)cc2[N+](=O)[O-])CC1. The Morgan fingerprint density at radius 2 is 2.00 bits per heavy atom. The molecule has 134 valence electrons. The lowest BCUT2D eigenvalue weighted by molar-refractivity contribution is -0.385. The molecule has 25 heavy (non-hydrogen) atoms. The van der Waals surface area contributed by atoms with Crippen LogP contribution in [0.3, 0.4) is 0 Å². The summed E-state index contributed by atoms with van der Waals surface area (Å²) < 4.78 is 0. The van der Waals surface area contributed by atoms with E-state index in [2.05, 4.69) is 15.9 Å². The average molecular weight is 345 g/mol. The normalized spacial score (nSPS) is 17.2. The summed E-state index contributed by atoms with van der Waals surface area (Å²) >= 11 is 0. The Hall–Kier alpha value is -2.50. The summed E-state index contributed by atoms with van der Waals surface area (Å²) in [6.07, 6.45) is 0. The Bertz CT molecular complexity index is 690. The zero-order chi connectivity index (χ0) is 18.6. The second-order valence-corrected chi connectivity index (χ2v) is 6.59. The zero-order valence-electron chi connectivity index (χ0n) is 14.5. The monoisotopic (exact) mass is 345 g/mol. The van der Waals surface area contributed by atoms with Crippen LogP contribution in [0.15, 0.2) is 18.2 Å². The van der Waals surface area contributed by atoms with E-state index in [9.17, 15) is 20.2 Å². The number of rotatable bonds is 6. The van der Waals surface area contributed by atoms with Crippen LogP contribution in [0.5, 0.6) is 0 Å². The third-order valence-electron chi connectivity index (χ3n) is 4.52. The molecule has 2 N–H and O–H groups in total. The van der Waals surface area contributed by atoms with Gasteiger partial charge in [0, 0.05) is 49.9 Å². The molecule has 1 aromatic rings. The van der Waals surface area contributed by atoms with Gasteiger partial charge < -0.3 is 5.73 Å². The van der Waals surface area contributed by atoms with Crippen molar-refractivity contribution in [3.63, 3.8) is 0 Å². The van der Waals surface area contributed by atoms with Crippen molar-refractivity contribution in [1.29, 1.82) is 5.26 Å². The van der Waals surface area contributed by atoms with Gasteiger partial charge in [-0.1, -0.05) is 19.9 Å². The molecule has 0 aromatic heterocycles. The fourth-order valence-corrected chi connectivity index (χ4v) is 3.11. The molecule has 1 aromatic carbocycles. The number of nitrogens with two attached hydrogens (primary N) is 1. The Balaban J connectivity index is 2.06. The van der Waals surface area contributed by atoms with Crippen LogP contribution in [0.2, 0.25) is 0 Å². The van der Waals surface area contributed by atoms with Gasteiger partial charge in [0.05, 0.1) is 11.0 Å². The summed E-state index contributed by atoms with van der Waals surface area (Å²) in [4.78, 5) is 26.3. The lowest BCUT2D eigenvalue weighted by Crippen LogP contribution is -2.51. The number of primary amides is 1. The van der Waals surface area contributed by atoms with Gasteiger partial charge >= 0.3 is 0 Å². The van der Waals surface area contributed by atoms with Crippen LogP contribution in [0.1, 0.15) is 29.8 Å². The summed E-state index contributed by atoms with van der Waals surface area (Å²) in [5.41, 5.74) is 5.80. The fourth-order valence-electron chi connectivity index (χ4n) is 3.11. The van der Waals surface area contributed by atoms with Gasteiger partial charge in [0.2, 0.25) is 5.91 Å². The van der Waals surface area contributed by atoms with Gasteiger partial charge in [-0.15, -0.1) is 0 Å². The molecule has 8 heteroatoms. The van der Waals surface area contributed by atoms with Crippen molar-refractivity contribution in [1.82, 2.24) is 9.80 Å². The number of amides is 1. The molecule has 0 spiro atoms. The highest BCUT2D eigenvalue weighted by molar-refractivity contribution is 5.93. The number of carbonyl (C=O) groups is 1. The van der Waals surface area contributed by atoms with Crippen molar-refractivity contribution in [2.75, 3.05) is 26.2 Å².